The lowest BCUT2D eigenvalue weighted by molar-refractivity contribution is -0.128. The molecule has 0 aliphatic rings. The van der Waals surface area contributed by atoms with E-state index in [9.17, 15) is 4.79 Å². The van der Waals surface area contributed by atoms with E-state index in [4.69, 9.17) is 15.0 Å². The summed E-state index contributed by atoms with van der Waals surface area (Å²) in [6.45, 7) is 2.78. The van der Waals surface area contributed by atoms with Crippen molar-refractivity contribution in [3.63, 3.8) is 0 Å². The summed E-state index contributed by atoms with van der Waals surface area (Å²) < 4.78 is 10.2. The van der Waals surface area contributed by atoms with E-state index in [1.807, 2.05) is 24.9 Å². The molecule has 0 aliphatic heterocycles. The highest BCUT2D eigenvalue weighted by atomic mass is 16.5. The number of aryl methyl sites for hydroxylation is 1. The van der Waals surface area contributed by atoms with Crippen LogP contribution in [0.1, 0.15) is 11.3 Å². The van der Waals surface area contributed by atoms with E-state index in [2.05, 4.69) is 5.43 Å². The minimum absolute atomic E-state index is 0.268. The largest absolute Gasteiger partial charge is 0.469 e. The van der Waals surface area contributed by atoms with Gasteiger partial charge >= 0.3 is 0 Å². The van der Waals surface area contributed by atoms with Crippen LogP contribution in [0.4, 0.5) is 0 Å². The third kappa shape index (κ3) is 3.55. The molecule has 6 nitrogen and oxygen atoms in total. The summed E-state index contributed by atoms with van der Waals surface area (Å²) in [5.41, 5.74) is 3.18. The van der Waals surface area contributed by atoms with Crippen LogP contribution in [0.5, 0.6) is 0 Å². The van der Waals surface area contributed by atoms with Gasteiger partial charge in [-0.2, -0.15) is 0 Å². The molecule has 0 aliphatic carbocycles. The fourth-order valence-electron chi connectivity index (χ4n) is 1.61. The molecule has 96 valence electrons. The van der Waals surface area contributed by atoms with Gasteiger partial charge in [0, 0.05) is 19.2 Å². The van der Waals surface area contributed by atoms with Crippen molar-refractivity contribution in [3.05, 3.63) is 23.7 Å². The fraction of sp³-hybridized carbons (Fsp3) is 0.545. The van der Waals surface area contributed by atoms with E-state index in [0.29, 0.717) is 6.54 Å². The summed E-state index contributed by atoms with van der Waals surface area (Å²) in [7, 11) is 3.39. The molecule has 1 amide bonds. The maximum Gasteiger partial charge on any atom is 0.253 e. The summed E-state index contributed by atoms with van der Waals surface area (Å²) in [5.74, 6) is 5.72. The van der Waals surface area contributed by atoms with E-state index in [-0.39, 0.29) is 12.5 Å². The number of hydrogen-bond donors (Lipinski definition) is 2. The van der Waals surface area contributed by atoms with Gasteiger partial charge in [-0.05, 0) is 20.0 Å². The second-order valence-electron chi connectivity index (χ2n) is 3.90. The number of furan rings is 1. The minimum Gasteiger partial charge on any atom is -0.469 e. The average molecular weight is 241 g/mol. The molecule has 0 fully saturated rings. The second-order valence-corrected chi connectivity index (χ2v) is 3.90. The SMILES string of the molecule is COCC(C(=O)NN)N(C)Cc1ccoc1C. The van der Waals surface area contributed by atoms with Gasteiger partial charge in [-0.25, -0.2) is 5.84 Å². The number of carbonyl (C=O) groups excluding carboxylic acids is 1. The molecule has 1 aromatic heterocycles. The number of hydrogen-bond acceptors (Lipinski definition) is 5. The molecule has 6 heteroatoms. The van der Waals surface area contributed by atoms with Gasteiger partial charge in [-0.3, -0.25) is 15.1 Å². The molecule has 1 aromatic rings. The summed E-state index contributed by atoms with van der Waals surface area (Å²) in [4.78, 5) is 13.4. The molecule has 0 saturated carbocycles. The van der Waals surface area contributed by atoms with Crippen molar-refractivity contribution < 1.29 is 13.9 Å². The molecular weight excluding hydrogens is 222 g/mol. The third-order valence-electron chi connectivity index (χ3n) is 2.69. The van der Waals surface area contributed by atoms with Gasteiger partial charge in [0.1, 0.15) is 11.8 Å². The number of methoxy groups -OCH3 is 1. The number of amides is 1. The predicted molar refractivity (Wildman–Crippen MR) is 62.9 cm³/mol. The Morgan fingerprint density at radius 3 is 2.88 bits per heavy atom. The van der Waals surface area contributed by atoms with E-state index < -0.39 is 6.04 Å². The topological polar surface area (TPSA) is 80.7 Å². The van der Waals surface area contributed by atoms with Crippen LogP contribution in [-0.4, -0.2) is 37.6 Å². The Morgan fingerprint density at radius 2 is 2.41 bits per heavy atom. The van der Waals surface area contributed by atoms with Gasteiger partial charge in [-0.15, -0.1) is 0 Å². The number of nitrogens with zero attached hydrogens (tertiary/aromatic N) is 1. The molecule has 1 heterocycles. The first-order valence-corrected chi connectivity index (χ1v) is 5.32. The highest BCUT2D eigenvalue weighted by Gasteiger charge is 2.23. The van der Waals surface area contributed by atoms with E-state index >= 15 is 0 Å². The van der Waals surface area contributed by atoms with Crippen molar-refractivity contribution in [2.75, 3.05) is 20.8 Å². The Kier molecular flexibility index (Phi) is 5.14. The summed E-state index contributed by atoms with van der Waals surface area (Å²) >= 11 is 0. The lowest BCUT2D eigenvalue weighted by Crippen LogP contribution is -2.49. The highest BCUT2D eigenvalue weighted by molar-refractivity contribution is 5.81. The molecule has 0 spiro atoms. The highest BCUT2D eigenvalue weighted by Crippen LogP contribution is 2.12. The fourth-order valence-corrected chi connectivity index (χ4v) is 1.61. The standard InChI is InChI=1S/C11H19N3O3/c1-8-9(4-5-17-8)6-14(2)10(7-16-3)11(15)13-12/h4-5,10H,6-7,12H2,1-3H3,(H,13,15). The van der Waals surface area contributed by atoms with Crippen LogP contribution in [0.3, 0.4) is 0 Å². The molecule has 1 unspecified atom stereocenters. The van der Waals surface area contributed by atoms with Crippen molar-refractivity contribution in [1.82, 2.24) is 10.3 Å². The van der Waals surface area contributed by atoms with E-state index in [0.717, 1.165) is 11.3 Å². The van der Waals surface area contributed by atoms with Gasteiger partial charge < -0.3 is 9.15 Å². The molecule has 0 radical (unpaired) electrons. The van der Waals surface area contributed by atoms with Crippen LogP contribution in [0.15, 0.2) is 16.7 Å². The zero-order valence-corrected chi connectivity index (χ0v) is 10.4. The van der Waals surface area contributed by atoms with Crippen LogP contribution in [-0.2, 0) is 16.1 Å². The molecule has 3 N–H and O–H groups in total. The van der Waals surface area contributed by atoms with Crippen molar-refractivity contribution in [2.45, 2.75) is 19.5 Å². The first-order valence-electron chi connectivity index (χ1n) is 5.32. The minimum atomic E-state index is -0.417. The average Bonchev–Trinajstić information content (AvgIpc) is 2.71. The molecule has 0 saturated heterocycles. The summed E-state index contributed by atoms with van der Waals surface area (Å²) in [5, 5.41) is 0. The van der Waals surface area contributed by atoms with Gasteiger partial charge in [0.05, 0.1) is 12.9 Å². The number of hydrazine groups is 1. The van der Waals surface area contributed by atoms with E-state index in [1.54, 1.807) is 13.4 Å². The van der Waals surface area contributed by atoms with Crippen molar-refractivity contribution >= 4 is 5.91 Å². The Bertz CT molecular complexity index is 365. The lowest BCUT2D eigenvalue weighted by atomic mass is 10.2. The Labute approximate surface area is 101 Å². The van der Waals surface area contributed by atoms with Crippen LogP contribution in [0.2, 0.25) is 0 Å². The molecule has 0 bridgehead atoms. The predicted octanol–water partition coefficient (Wildman–Crippen LogP) is 0.0247. The van der Waals surface area contributed by atoms with Crippen LogP contribution >= 0.6 is 0 Å². The van der Waals surface area contributed by atoms with Gasteiger partial charge in [-0.1, -0.05) is 0 Å². The Balaban J connectivity index is 2.68. The zero-order valence-electron chi connectivity index (χ0n) is 10.4. The maximum atomic E-state index is 11.6. The molecule has 1 rings (SSSR count). The quantitative estimate of drug-likeness (QED) is 0.417. The second kappa shape index (κ2) is 6.39. The Hall–Kier alpha value is -1.37. The number of ether oxygens (including phenoxy) is 1. The third-order valence-corrected chi connectivity index (χ3v) is 2.69. The normalized spacial score (nSPS) is 12.8. The molecule has 1 atom stereocenters. The first-order chi connectivity index (χ1) is 8.10. The molecule has 0 aromatic carbocycles. The first kappa shape index (κ1) is 13.7. The molecular formula is C11H19N3O3. The number of carbonyl (C=O) groups is 1. The van der Waals surface area contributed by atoms with Gasteiger partial charge in [0.2, 0.25) is 0 Å². The van der Waals surface area contributed by atoms with Crippen LogP contribution < -0.4 is 11.3 Å². The number of likely N-dealkylation sites (N-methyl/N-ethyl adjacent to an activating group) is 1. The van der Waals surface area contributed by atoms with Gasteiger partial charge in [0.15, 0.2) is 0 Å². The Morgan fingerprint density at radius 1 is 1.71 bits per heavy atom. The number of nitrogens with one attached hydrogen (secondary N) is 1. The van der Waals surface area contributed by atoms with Crippen molar-refractivity contribution in [2.24, 2.45) is 5.84 Å². The van der Waals surface area contributed by atoms with Crippen LogP contribution in [0.25, 0.3) is 0 Å². The summed E-state index contributed by atoms with van der Waals surface area (Å²) in [6.07, 6.45) is 1.63. The van der Waals surface area contributed by atoms with Gasteiger partial charge in [0.25, 0.3) is 5.91 Å². The lowest BCUT2D eigenvalue weighted by Gasteiger charge is -2.25. The van der Waals surface area contributed by atoms with Crippen LogP contribution in [0, 0.1) is 6.92 Å². The number of nitrogens with two attached hydrogens (primary N) is 1. The molecule has 17 heavy (non-hydrogen) atoms. The smallest absolute Gasteiger partial charge is 0.253 e. The zero-order chi connectivity index (χ0) is 12.8. The van der Waals surface area contributed by atoms with E-state index in [1.165, 1.54) is 0 Å². The van der Waals surface area contributed by atoms with Crippen molar-refractivity contribution in [3.8, 4) is 0 Å². The monoisotopic (exact) mass is 241 g/mol. The summed E-state index contributed by atoms with van der Waals surface area (Å²) in [6, 6.07) is 1.47. The number of rotatable bonds is 6. The van der Waals surface area contributed by atoms with Crippen molar-refractivity contribution in [1.29, 1.82) is 0 Å². The maximum absolute atomic E-state index is 11.6.